The van der Waals surface area contributed by atoms with Crippen molar-refractivity contribution in [2.75, 3.05) is 26.4 Å². The summed E-state index contributed by atoms with van der Waals surface area (Å²) in [4.78, 5) is 15.0. The molecule has 10 heteroatoms. The van der Waals surface area contributed by atoms with E-state index in [9.17, 15) is 0 Å². The Bertz CT molecular complexity index is 1350. The Labute approximate surface area is 252 Å². The first-order valence-corrected chi connectivity index (χ1v) is 12.8. The van der Waals surface area contributed by atoms with Crippen LogP contribution in [0.1, 0.15) is 26.7 Å². The van der Waals surface area contributed by atoms with Crippen LogP contribution in [0.25, 0.3) is 45.1 Å². The molecular weight excluding hydrogens is 580 g/mol. The zero-order chi connectivity index (χ0) is 24.7. The molecule has 209 valence electrons. The second-order valence-corrected chi connectivity index (χ2v) is 8.78. The molecular formula is C29H33Cl2CoN5O2. The van der Waals surface area contributed by atoms with Crippen molar-refractivity contribution in [3.8, 4) is 23.0 Å². The average molecular weight is 613 g/mol. The average Bonchev–Trinajstić information content (AvgIpc) is 3.48. The van der Waals surface area contributed by atoms with Crippen molar-refractivity contribution in [1.82, 2.24) is 24.1 Å². The molecule has 0 fully saturated rings. The van der Waals surface area contributed by atoms with Crippen molar-refractivity contribution in [2.45, 2.75) is 39.8 Å². The standard InChI is InChI=1S/C29H33N5O2.2ClH.Co/c1-3-18-35-20-16-33-26-14-7-5-10-22(26)31-28(33)24-12-9-13-25(30-24)29-32-23-11-6-8-15-27(23)34(29)17-21-36-19-4-2;;;/h5-15H,3-4,16-21H2,1-2H3;2*1H;/q;;;+2/p-2. The van der Waals surface area contributed by atoms with Crippen molar-refractivity contribution in [1.29, 1.82) is 0 Å². The van der Waals surface area contributed by atoms with E-state index < -0.39 is 0 Å². The second kappa shape index (κ2) is 16.0. The zero-order valence-electron chi connectivity index (χ0n) is 22.1. The number of nitrogens with zero attached hydrogens (tertiary/aromatic N) is 5. The maximum Gasteiger partial charge on any atom is 2.00 e. The second-order valence-electron chi connectivity index (χ2n) is 8.78. The quantitative estimate of drug-likeness (QED) is 0.185. The van der Waals surface area contributed by atoms with Crippen LogP contribution in [0.2, 0.25) is 0 Å². The van der Waals surface area contributed by atoms with Crippen LogP contribution in [0.15, 0.2) is 66.7 Å². The van der Waals surface area contributed by atoms with Crippen molar-refractivity contribution in [3.05, 3.63) is 66.7 Å². The van der Waals surface area contributed by atoms with Crippen molar-refractivity contribution >= 4 is 22.1 Å². The van der Waals surface area contributed by atoms with Gasteiger partial charge in [0.1, 0.15) is 11.4 Å². The van der Waals surface area contributed by atoms with Crippen LogP contribution in [-0.4, -0.2) is 50.5 Å². The molecule has 7 nitrogen and oxygen atoms in total. The molecule has 0 atom stereocenters. The van der Waals surface area contributed by atoms with Crippen LogP contribution < -0.4 is 24.8 Å². The van der Waals surface area contributed by atoms with E-state index >= 15 is 0 Å². The van der Waals surface area contributed by atoms with E-state index in [0.717, 1.165) is 84.2 Å². The number of aromatic nitrogens is 5. The molecule has 2 aromatic carbocycles. The van der Waals surface area contributed by atoms with Gasteiger partial charge >= 0.3 is 16.8 Å². The number of hydrogen-bond acceptors (Lipinski definition) is 5. The molecule has 5 rings (SSSR count). The zero-order valence-corrected chi connectivity index (χ0v) is 24.7. The third-order valence-corrected chi connectivity index (χ3v) is 6.13. The molecule has 0 saturated carbocycles. The number of ether oxygens (including phenoxy) is 2. The van der Waals surface area contributed by atoms with Gasteiger partial charge < -0.3 is 43.4 Å². The number of hydrogen-bond donors (Lipinski definition) is 0. The fourth-order valence-electron chi connectivity index (χ4n) is 4.48. The monoisotopic (exact) mass is 612 g/mol. The largest absolute Gasteiger partial charge is 2.00 e. The molecule has 5 aromatic rings. The normalized spacial score (nSPS) is 10.7. The predicted octanol–water partition coefficient (Wildman–Crippen LogP) is -0.0263. The molecule has 1 radical (unpaired) electrons. The molecule has 3 heterocycles. The number of rotatable bonds is 12. The molecule has 39 heavy (non-hydrogen) atoms. The minimum absolute atomic E-state index is 0. The van der Waals surface area contributed by atoms with Gasteiger partial charge in [-0.15, -0.1) is 0 Å². The van der Waals surface area contributed by atoms with Gasteiger partial charge in [0.25, 0.3) is 0 Å². The van der Waals surface area contributed by atoms with Crippen molar-refractivity contribution in [3.63, 3.8) is 0 Å². The molecule has 0 saturated heterocycles. The van der Waals surface area contributed by atoms with Crippen LogP contribution >= 0.6 is 0 Å². The summed E-state index contributed by atoms with van der Waals surface area (Å²) >= 11 is 0. The maximum absolute atomic E-state index is 5.80. The molecule has 0 N–H and O–H groups in total. The number of para-hydroxylation sites is 4. The Morgan fingerprint density at radius 1 is 0.564 bits per heavy atom. The Hall–Kier alpha value is -2.46. The number of fused-ring (bicyclic) bond motifs is 2. The van der Waals surface area contributed by atoms with Crippen molar-refractivity contribution in [2.24, 2.45) is 0 Å². The van der Waals surface area contributed by atoms with E-state index in [2.05, 4.69) is 35.1 Å². The van der Waals surface area contributed by atoms with Crippen molar-refractivity contribution < 1.29 is 51.1 Å². The van der Waals surface area contributed by atoms with Crippen LogP contribution in [0.5, 0.6) is 0 Å². The van der Waals surface area contributed by atoms with Gasteiger partial charge in [0.2, 0.25) is 0 Å². The minimum atomic E-state index is 0. The van der Waals surface area contributed by atoms with E-state index in [1.807, 2.05) is 54.6 Å². The molecule has 0 aliphatic heterocycles. The van der Waals surface area contributed by atoms with E-state index in [-0.39, 0.29) is 41.6 Å². The Morgan fingerprint density at radius 2 is 1.00 bits per heavy atom. The maximum atomic E-state index is 5.80. The van der Waals surface area contributed by atoms with Gasteiger partial charge in [-0.1, -0.05) is 44.2 Å². The van der Waals surface area contributed by atoms with Crippen LogP contribution in [-0.2, 0) is 39.3 Å². The molecule has 0 spiro atoms. The topological polar surface area (TPSA) is 67.0 Å². The third-order valence-electron chi connectivity index (χ3n) is 6.13. The summed E-state index contributed by atoms with van der Waals surface area (Å²) in [5.41, 5.74) is 5.71. The first-order chi connectivity index (χ1) is 17.8. The summed E-state index contributed by atoms with van der Waals surface area (Å²) in [6.45, 7) is 8.46. The Morgan fingerprint density at radius 3 is 1.44 bits per heavy atom. The molecule has 3 aromatic heterocycles. The molecule has 0 aliphatic carbocycles. The molecule has 0 amide bonds. The van der Waals surface area contributed by atoms with Gasteiger partial charge in [-0.2, -0.15) is 0 Å². The molecule has 0 unspecified atom stereocenters. The SMILES string of the molecule is CCCOCCn1c(-c2cccc(-c3nc4ccccc4n3CCOCCC)n2)nc2ccccc21.[Cl-].[Cl-].[Co+2]. The fraction of sp³-hybridized carbons (Fsp3) is 0.345. The summed E-state index contributed by atoms with van der Waals surface area (Å²) in [5, 5.41) is 0. The number of pyridine rings is 1. The summed E-state index contributed by atoms with van der Waals surface area (Å²) in [6.07, 6.45) is 2.01. The van der Waals surface area contributed by atoms with E-state index in [0.29, 0.717) is 13.2 Å². The summed E-state index contributed by atoms with van der Waals surface area (Å²) in [7, 11) is 0. The van der Waals surface area contributed by atoms with Crippen LogP contribution in [0.3, 0.4) is 0 Å². The summed E-state index contributed by atoms with van der Waals surface area (Å²) < 4.78 is 16.0. The third kappa shape index (κ3) is 7.39. The first kappa shape index (κ1) is 32.7. The number of imidazole rings is 2. The first-order valence-electron chi connectivity index (χ1n) is 12.8. The van der Waals surface area contributed by atoms with E-state index in [1.165, 1.54) is 0 Å². The minimum Gasteiger partial charge on any atom is -1.00 e. The summed E-state index contributed by atoms with van der Waals surface area (Å²) in [6, 6.07) is 22.5. The molecule has 0 aliphatic rings. The van der Waals surface area contributed by atoms with Gasteiger partial charge in [-0.3, -0.25) is 0 Å². The summed E-state index contributed by atoms with van der Waals surface area (Å²) in [5.74, 6) is 1.68. The van der Waals surface area contributed by atoms with Gasteiger partial charge in [0.05, 0.1) is 35.3 Å². The smallest absolute Gasteiger partial charge is 1.00 e. The van der Waals surface area contributed by atoms with Gasteiger partial charge in [0, 0.05) is 26.3 Å². The van der Waals surface area contributed by atoms with Crippen LogP contribution in [0, 0.1) is 0 Å². The predicted molar refractivity (Wildman–Crippen MR) is 144 cm³/mol. The Balaban J connectivity index is 0.00000178. The van der Waals surface area contributed by atoms with Gasteiger partial charge in [0.15, 0.2) is 11.6 Å². The van der Waals surface area contributed by atoms with Gasteiger partial charge in [-0.25, -0.2) is 15.0 Å². The molecule has 0 bridgehead atoms. The number of halogens is 2. The number of benzene rings is 2. The fourth-order valence-corrected chi connectivity index (χ4v) is 4.48. The van der Waals surface area contributed by atoms with E-state index in [4.69, 9.17) is 24.4 Å². The van der Waals surface area contributed by atoms with Crippen LogP contribution in [0.4, 0.5) is 0 Å². The Kier molecular flexibility index (Phi) is 13.4. The van der Waals surface area contributed by atoms with E-state index in [1.54, 1.807) is 0 Å². The van der Waals surface area contributed by atoms with Gasteiger partial charge in [-0.05, 0) is 49.2 Å².